The molecule has 0 bridgehead atoms. The topological polar surface area (TPSA) is 177 Å². The number of carboxylic acids is 2. The van der Waals surface area contributed by atoms with Gasteiger partial charge in [-0.3, -0.25) is 19.8 Å². The van der Waals surface area contributed by atoms with E-state index in [1.807, 2.05) is 6.07 Å². The number of carbonyl (C=O) groups is 3. The predicted molar refractivity (Wildman–Crippen MR) is 143 cm³/mol. The maximum Gasteiger partial charge on any atom is 0.328 e. The summed E-state index contributed by atoms with van der Waals surface area (Å²) in [7, 11) is 0. The van der Waals surface area contributed by atoms with Crippen molar-refractivity contribution in [2.24, 2.45) is 5.92 Å². The Kier molecular flexibility index (Phi) is 11.2. The van der Waals surface area contributed by atoms with Crippen LogP contribution in [0.5, 0.6) is 0 Å². The fraction of sp³-hybridized carbons (Fsp3) is 0.321. The minimum Gasteiger partial charge on any atom is -0.478 e. The molecule has 0 radical (unpaired) electrons. The maximum absolute atomic E-state index is 12.4. The molecule has 4 rings (SSSR count). The number of nitro groups is 1. The summed E-state index contributed by atoms with van der Waals surface area (Å²) in [4.78, 5) is 48.5. The van der Waals surface area contributed by atoms with Gasteiger partial charge >= 0.3 is 11.9 Å². The van der Waals surface area contributed by atoms with Gasteiger partial charge < -0.3 is 14.7 Å². The van der Waals surface area contributed by atoms with Gasteiger partial charge in [-0.2, -0.15) is 4.98 Å². The highest BCUT2D eigenvalue weighted by molar-refractivity contribution is 5.92. The minimum absolute atomic E-state index is 0.0181. The van der Waals surface area contributed by atoms with E-state index < -0.39 is 16.9 Å². The molecule has 40 heavy (non-hydrogen) atoms. The van der Waals surface area contributed by atoms with Crippen molar-refractivity contribution in [3.8, 4) is 11.5 Å². The van der Waals surface area contributed by atoms with Crippen molar-refractivity contribution in [2.75, 3.05) is 13.1 Å². The number of aliphatic carboxylic acids is 2. The maximum atomic E-state index is 12.4. The molecule has 1 fully saturated rings. The molecular formula is C28H30N4O8. The summed E-state index contributed by atoms with van der Waals surface area (Å²) in [6.45, 7) is 3.19. The Bertz CT molecular complexity index is 1300. The fourth-order valence-corrected chi connectivity index (χ4v) is 4.26. The number of Topliss-reactive ketones (excluding diaryl/α,β-unsaturated/α-hetero) is 1. The predicted octanol–water partition coefficient (Wildman–Crippen LogP) is 4.62. The number of rotatable bonds is 11. The number of nitro benzene ring substituents is 1. The van der Waals surface area contributed by atoms with Gasteiger partial charge in [0, 0.05) is 42.8 Å². The third-order valence-corrected chi connectivity index (χ3v) is 6.34. The number of carboxylic acid groups (broad SMARTS) is 2. The quantitative estimate of drug-likeness (QED) is 0.147. The molecule has 0 amide bonds. The summed E-state index contributed by atoms with van der Waals surface area (Å²) in [5.41, 5.74) is 1.88. The SMILES string of the molecule is O=C(CCCC1CCN(Cc2ccccc2)CC1)c1noc(-c2ccc([N+](=O)[O-])cc2)n1.O=C(O)C=CC(=O)O. The van der Waals surface area contributed by atoms with Crippen LogP contribution in [-0.4, -0.2) is 61.0 Å². The Labute approximate surface area is 230 Å². The number of ketones is 1. The molecule has 2 N–H and O–H groups in total. The fourth-order valence-electron chi connectivity index (χ4n) is 4.26. The van der Waals surface area contributed by atoms with Gasteiger partial charge in [0.15, 0.2) is 0 Å². The second kappa shape index (κ2) is 15.0. The monoisotopic (exact) mass is 550 g/mol. The molecule has 1 aliphatic heterocycles. The Morgan fingerprint density at radius 1 is 1.00 bits per heavy atom. The van der Waals surface area contributed by atoms with E-state index in [4.69, 9.17) is 14.7 Å². The van der Waals surface area contributed by atoms with Gasteiger partial charge in [0.25, 0.3) is 11.6 Å². The standard InChI is InChI=1S/C24H26N4O4.C4H4O4/c29-22(23-25-24(32-26-23)20-9-11-21(12-10-20)28(30)31)8-4-7-18-13-15-27(16-14-18)17-19-5-2-1-3-6-19;5-3(6)1-2-4(7)8/h1-3,5-6,9-12,18H,4,7-8,13-17H2;1-2H,(H,5,6)(H,7,8). The van der Waals surface area contributed by atoms with Crippen molar-refractivity contribution in [1.82, 2.24) is 15.0 Å². The Hall–Kier alpha value is -4.71. The largest absolute Gasteiger partial charge is 0.478 e. The lowest BCUT2D eigenvalue weighted by Crippen LogP contribution is -2.33. The van der Waals surface area contributed by atoms with Crippen molar-refractivity contribution < 1.29 is 34.0 Å². The van der Waals surface area contributed by atoms with E-state index in [2.05, 4.69) is 39.3 Å². The van der Waals surface area contributed by atoms with Crippen molar-refractivity contribution in [1.29, 1.82) is 0 Å². The van der Waals surface area contributed by atoms with Gasteiger partial charge in [-0.25, -0.2) is 9.59 Å². The van der Waals surface area contributed by atoms with E-state index in [0.717, 1.165) is 45.3 Å². The number of carbonyl (C=O) groups excluding carboxylic acids is 1. The van der Waals surface area contributed by atoms with Gasteiger partial charge in [-0.15, -0.1) is 0 Å². The Morgan fingerprint density at radius 3 is 2.20 bits per heavy atom. The first-order valence-corrected chi connectivity index (χ1v) is 12.7. The first kappa shape index (κ1) is 29.8. The van der Waals surface area contributed by atoms with E-state index in [1.54, 1.807) is 0 Å². The summed E-state index contributed by atoms with van der Waals surface area (Å²) >= 11 is 0. The molecule has 0 aliphatic carbocycles. The molecular weight excluding hydrogens is 520 g/mol. The third-order valence-electron chi connectivity index (χ3n) is 6.34. The molecule has 1 saturated heterocycles. The van der Waals surface area contributed by atoms with E-state index in [-0.39, 0.29) is 23.2 Å². The highest BCUT2D eigenvalue weighted by Crippen LogP contribution is 2.25. The molecule has 2 heterocycles. The lowest BCUT2D eigenvalue weighted by molar-refractivity contribution is -0.384. The summed E-state index contributed by atoms with van der Waals surface area (Å²) in [6, 6.07) is 16.3. The number of hydrogen-bond acceptors (Lipinski definition) is 9. The van der Waals surface area contributed by atoms with Crippen LogP contribution in [0.15, 0.2) is 71.3 Å². The van der Waals surface area contributed by atoms with Crippen LogP contribution < -0.4 is 0 Å². The second-order valence-electron chi connectivity index (χ2n) is 9.26. The molecule has 2 aromatic carbocycles. The minimum atomic E-state index is -1.26. The zero-order chi connectivity index (χ0) is 28.9. The molecule has 12 nitrogen and oxygen atoms in total. The van der Waals surface area contributed by atoms with Crippen LogP contribution >= 0.6 is 0 Å². The van der Waals surface area contributed by atoms with Crippen molar-refractivity contribution in [3.63, 3.8) is 0 Å². The van der Waals surface area contributed by atoms with Crippen molar-refractivity contribution >= 4 is 23.4 Å². The highest BCUT2D eigenvalue weighted by Gasteiger charge is 2.21. The molecule has 0 unspecified atom stereocenters. The van der Waals surface area contributed by atoms with Gasteiger partial charge in [-0.1, -0.05) is 35.5 Å². The van der Waals surface area contributed by atoms with E-state index in [9.17, 15) is 24.5 Å². The first-order valence-electron chi connectivity index (χ1n) is 12.7. The molecule has 0 atom stereocenters. The van der Waals surface area contributed by atoms with E-state index in [0.29, 0.717) is 30.1 Å². The molecule has 0 spiro atoms. The molecule has 0 saturated carbocycles. The van der Waals surface area contributed by atoms with Crippen molar-refractivity contribution in [3.05, 3.63) is 88.3 Å². The third kappa shape index (κ3) is 9.87. The number of likely N-dealkylation sites (tertiary alicyclic amines) is 1. The average Bonchev–Trinajstić information content (AvgIpc) is 3.44. The Balaban J connectivity index is 0.000000482. The normalized spacial score (nSPS) is 13.9. The molecule has 1 aliphatic rings. The van der Waals surface area contributed by atoms with Crippen LogP contribution in [0.25, 0.3) is 11.5 Å². The summed E-state index contributed by atoms with van der Waals surface area (Å²) < 4.78 is 5.17. The van der Waals surface area contributed by atoms with Crippen LogP contribution in [0.4, 0.5) is 5.69 Å². The number of benzene rings is 2. The van der Waals surface area contributed by atoms with Gasteiger partial charge in [-0.05, 0) is 62.4 Å². The second-order valence-corrected chi connectivity index (χ2v) is 9.26. The lowest BCUT2D eigenvalue weighted by Gasteiger charge is -2.32. The molecule has 3 aromatic rings. The smallest absolute Gasteiger partial charge is 0.328 e. The highest BCUT2D eigenvalue weighted by atomic mass is 16.6. The van der Waals surface area contributed by atoms with Crippen LogP contribution in [0.3, 0.4) is 0 Å². The molecule has 12 heteroatoms. The van der Waals surface area contributed by atoms with Crippen LogP contribution in [0, 0.1) is 16.0 Å². The van der Waals surface area contributed by atoms with Crippen LogP contribution in [0.2, 0.25) is 0 Å². The first-order chi connectivity index (χ1) is 19.2. The number of non-ortho nitro benzene ring substituents is 1. The number of piperidine rings is 1. The van der Waals surface area contributed by atoms with Crippen LogP contribution in [-0.2, 0) is 16.1 Å². The number of hydrogen-bond donors (Lipinski definition) is 2. The lowest BCUT2D eigenvalue weighted by atomic mass is 9.91. The number of aromatic nitrogens is 2. The summed E-state index contributed by atoms with van der Waals surface area (Å²) in [5, 5.41) is 30.2. The van der Waals surface area contributed by atoms with Crippen LogP contribution in [0.1, 0.15) is 48.3 Å². The number of nitrogens with zero attached hydrogens (tertiary/aromatic N) is 4. The van der Waals surface area contributed by atoms with E-state index >= 15 is 0 Å². The van der Waals surface area contributed by atoms with Gasteiger partial charge in [0.05, 0.1) is 4.92 Å². The summed E-state index contributed by atoms with van der Waals surface area (Å²) in [5.74, 6) is -1.75. The van der Waals surface area contributed by atoms with E-state index in [1.165, 1.54) is 29.8 Å². The average molecular weight is 551 g/mol. The Morgan fingerprint density at radius 2 is 1.62 bits per heavy atom. The summed E-state index contributed by atoms with van der Waals surface area (Å²) in [6.07, 6.45) is 5.66. The van der Waals surface area contributed by atoms with Crippen molar-refractivity contribution in [2.45, 2.75) is 38.6 Å². The zero-order valence-corrected chi connectivity index (χ0v) is 21.7. The molecule has 1 aromatic heterocycles. The van der Waals surface area contributed by atoms with Gasteiger partial charge in [0.2, 0.25) is 11.6 Å². The zero-order valence-electron chi connectivity index (χ0n) is 21.7. The van der Waals surface area contributed by atoms with Gasteiger partial charge in [0.1, 0.15) is 0 Å². The molecule has 210 valence electrons.